The Kier molecular flexibility index (Phi) is 10.4. The Balaban J connectivity index is 1.64. The van der Waals surface area contributed by atoms with Crippen LogP contribution in [0.5, 0.6) is 5.75 Å². The summed E-state index contributed by atoms with van der Waals surface area (Å²) in [4.78, 5) is 6.59. The summed E-state index contributed by atoms with van der Waals surface area (Å²) in [7, 11) is 1.49. The molecule has 5 nitrogen and oxygen atoms in total. The van der Waals surface area contributed by atoms with Gasteiger partial charge in [0.1, 0.15) is 17.4 Å². The predicted molar refractivity (Wildman–Crippen MR) is 213 cm³/mol. The number of nitriles is 1. The Morgan fingerprint density at radius 1 is 0.811 bits per heavy atom. The van der Waals surface area contributed by atoms with Gasteiger partial charge in [-0.25, -0.2) is 9.37 Å². The van der Waals surface area contributed by atoms with Gasteiger partial charge in [-0.3, -0.25) is 0 Å². The second-order valence-corrected chi connectivity index (χ2v) is 13.5. The normalized spacial score (nSPS) is 11.8. The molecule has 7 rings (SSSR count). The van der Waals surface area contributed by atoms with E-state index in [9.17, 15) is 5.26 Å². The van der Waals surface area contributed by atoms with Crippen molar-refractivity contribution in [3.63, 3.8) is 0 Å². The van der Waals surface area contributed by atoms with Crippen LogP contribution in [-0.2, 0) is 12.0 Å². The van der Waals surface area contributed by atoms with Crippen LogP contribution in [0.1, 0.15) is 52.2 Å². The van der Waals surface area contributed by atoms with Crippen LogP contribution in [0.15, 0.2) is 163 Å². The first-order valence-corrected chi connectivity index (χ1v) is 18.8. The number of thioether (sulfide) groups is 1. The van der Waals surface area contributed by atoms with Crippen molar-refractivity contribution < 1.29 is 9.13 Å². The number of rotatable bonds is 12. The molecule has 0 aliphatic rings. The number of anilines is 1. The lowest BCUT2D eigenvalue weighted by Gasteiger charge is -2.39. The molecule has 0 saturated heterocycles. The molecule has 7 aromatic rings. The molecule has 1 aromatic heterocycles. The molecule has 0 aliphatic carbocycles. The molecule has 0 spiro atoms. The summed E-state index contributed by atoms with van der Waals surface area (Å²) in [5.74, 6) is 0.282. The van der Waals surface area contributed by atoms with Crippen molar-refractivity contribution in [2.75, 3.05) is 18.7 Å². The second kappa shape index (κ2) is 15.6. The summed E-state index contributed by atoms with van der Waals surface area (Å²) in [6.45, 7) is 2.04. The van der Waals surface area contributed by atoms with Gasteiger partial charge in [0.05, 0.1) is 24.4 Å². The van der Waals surface area contributed by atoms with Crippen molar-refractivity contribution in [2.45, 2.75) is 29.8 Å². The maximum absolute atomic E-state index is 16.9. The summed E-state index contributed by atoms with van der Waals surface area (Å²) >= 11 is 1.66. The zero-order valence-electron chi connectivity index (χ0n) is 29.8. The van der Waals surface area contributed by atoms with Gasteiger partial charge in [0.15, 0.2) is 11.6 Å². The van der Waals surface area contributed by atoms with Gasteiger partial charge in [-0.05, 0) is 71.3 Å². The Morgan fingerprint density at radius 3 is 1.91 bits per heavy atom. The molecular formula is C46H39FN4OS. The van der Waals surface area contributed by atoms with E-state index in [0.29, 0.717) is 29.1 Å². The number of benzene rings is 6. The van der Waals surface area contributed by atoms with Gasteiger partial charge >= 0.3 is 0 Å². The maximum Gasteiger partial charge on any atom is 0.170 e. The van der Waals surface area contributed by atoms with E-state index in [2.05, 4.69) is 113 Å². The SMILES string of the molecule is CCc1cc(OC)c(F)c(C(Nc2ccc(C#N)cc2)c2nc(-c3ccccc3SC)cn2C(c2ccccc2)(c2ccccc2)c2ccccc2)c1. The number of aryl methyl sites for hydroxylation is 1. The van der Waals surface area contributed by atoms with Gasteiger partial charge in [-0.1, -0.05) is 122 Å². The highest BCUT2D eigenvalue weighted by Crippen LogP contribution is 2.46. The fraction of sp³-hybridized carbons (Fsp3) is 0.130. The third-order valence-electron chi connectivity index (χ3n) is 9.70. The molecule has 0 saturated carbocycles. The molecule has 0 amide bonds. The molecule has 1 N–H and O–H groups in total. The molecule has 1 atom stereocenters. The molecule has 0 radical (unpaired) electrons. The van der Waals surface area contributed by atoms with Gasteiger partial charge in [-0.2, -0.15) is 5.26 Å². The number of hydrogen-bond acceptors (Lipinski definition) is 5. The van der Waals surface area contributed by atoms with Crippen molar-refractivity contribution in [3.8, 4) is 23.1 Å². The minimum atomic E-state index is -0.952. The Hall–Kier alpha value is -6.10. The molecule has 1 unspecified atom stereocenters. The van der Waals surface area contributed by atoms with E-state index in [4.69, 9.17) is 9.72 Å². The highest BCUT2D eigenvalue weighted by molar-refractivity contribution is 7.98. The van der Waals surface area contributed by atoms with E-state index in [1.807, 2.05) is 55.5 Å². The molecule has 53 heavy (non-hydrogen) atoms. The largest absolute Gasteiger partial charge is 0.494 e. The van der Waals surface area contributed by atoms with E-state index < -0.39 is 17.4 Å². The standard InChI is InChI=1S/C46H39FN4OS/c1-4-32-28-39(43(47)41(29-32)52-2)44(49-37-26-24-33(30-48)25-27-37)45-50-40(38-22-14-15-23-42(38)53-3)31-51(45)46(34-16-8-5-9-17-34,35-18-10-6-11-19-35)36-20-12-7-13-21-36/h5-29,31,44,49H,4H2,1-3H3. The van der Waals surface area contributed by atoms with Crippen molar-refractivity contribution >= 4 is 17.4 Å². The Morgan fingerprint density at radius 2 is 1.38 bits per heavy atom. The molecule has 0 bridgehead atoms. The summed E-state index contributed by atoms with van der Waals surface area (Å²) < 4.78 is 24.8. The maximum atomic E-state index is 16.9. The zero-order valence-corrected chi connectivity index (χ0v) is 30.6. The topological polar surface area (TPSA) is 62.9 Å². The lowest BCUT2D eigenvalue weighted by Crippen LogP contribution is -2.39. The number of halogens is 1. The number of aromatic nitrogens is 2. The van der Waals surface area contributed by atoms with Crippen LogP contribution < -0.4 is 10.1 Å². The Labute approximate surface area is 314 Å². The second-order valence-electron chi connectivity index (χ2n) is 12.7. The van der Waals surface area contributed by atoms with Gasteiger partial charge < -0.3 is 14.6 Å². The molecule has 262 valence electrons. The third-order valence-corrected chi connectivity index (χ3v) is 10.5. The lowest BCUT2D eigenvalue weighted by molar-refractivity contribution is 0.382. The van der Waals surface area contributed by atoms with Crippen LogP contribution in [0, 0.1) is 17.1 Å². The molecule has 7 heteroatoms. The number of methoxy groups -OCH3 is 1. The first-order valence-electron chi connectivity index (χ1n) is 17.5. The van der Waals surface area contributed by atoms with E-state index in [1.165, 1.54) is 7.11 Å². The summed E-state index contributed by atoms with van der Waals surface area (Å²) in [5.41, 5.74) is 6.37. The third kappa shape index (κ3) is 6.70. The number of imidazole rings is 1. The molecule has 0 aliphatic heterocycles. The van der Waals surface area contributed by atoms with E-state index in [0.717, 1.165) is 38.4 Å². The van der Waals surface area contributed by atoms with Crippen molar-refractivity contribution in [1.29, 1.82) is 5.26 Å². The smallest absolute Gasteiger partial charge is 0.170 e. The van der Waals surface area contributed by atoms with Crippen LogP contribution in [0.4, 0.5) is 10.1 Å². The summed E-state index contributed by atoms with van der Waals surface area (Å²) in [6.07, 6.45) is 4.85. The average Bonchev–Trinajstić information content (AvgIpc) is 3.67. The van der Waals surface area contributed by atoms with Crippen LogP contribution in [0.2, 0.25) is 0 Å². The zero-order chi connectivity index (χ0) is 36.8. The van der Waals surface area contributed by atoms with Crippen molar-refractivity contribution in [1.82, 2.24) is 9.55 Å². The lowest BCUT2D eigenvalue weighted by atomic mass is 9.76. The highest BCUT2D eigenvalue weighted by atomic mass is 32.2. The predicted octanol–water partition coefficient (Wildman–Crippen LogP) is 10.9. The summed E-state index contributed by atoms with van der Waals surface area (Å²) in [5, 5.41) is 13.2. The minimum absolute atomic E-state index is 0.164. The van der Waals surface area contributed by atoms with Crippen molar-refractivity contribution in [2.24, 2.45) is 0 Å². The first kappa shape index (κ1) is 35.3. The molecule has 6 aromatic carbocycles. The van der Waals surface area contributed by atoms with Gasteiger partial charge in [0.25, 0.3) is 0 Å². The molecule has 1 heterocycles. The molecule has 0 fully saturated rings. The minimum Gasteiger partial charge on any atom is -0.494 e. The number of ether oxygens (including phenoxy) is 1. The average molecular weight is 715 g/mol. The molecular weight excluding hydrogens is 676 g/mol. The van der Waals surface area contributed by atoms with Crippen LogP contribution in [0.3, 0.4) is 0 Å². The van der Waals surface area contributed by atoms with E-state index >= 15 is 4.39 Å². The quantitative estimate of drug-likeness (QED) is 0.101. The highest BCUT2D eigenvalue weighted by Gasteiger charge is 2.42. The number of hydrogen-bond donors (Lipinski definition) is 1. The number of nitrogens with zero attached hydrogens (tertiary/aromatic N) is 3. The summed E-state index contributed by atoms with van der Waals surface area (Å²) in [6, 6.07) is 51.7. The van der Waals surface area contributed by atoms with Crippen molar-refractivity contribution in [3.05, 3.63) is 203 Å². The van der Waals surface area contributed by atoms with Gasteiger partial charge in [0, 0.05) is 27.9 Å². The fourth-order valence-corrected chi connectivity index (χ4v) is 7.75. The van der Waals surface area contributed by atoms with Crippen LogP contribution in [-0.4, -0.2) is 22.9 Å². The Bertz CT molecular complexity index is 2260. The van der Waals surface area contributed by atoms with Gasteiger partial charge in [0.2, 0.25) is 0 Å². The van der Waals surface area contributed by atoms with E-state index in [1.54, 1.807) is 30.0 Å². The van der Waals surface area contributed by atoms with Crippen LogP contribution in [0.25, 0.3) is 11.3 Å². The fourth-order valence-electron chi connectivity index (χ4n) is 7.14. The van der Waals surface area contributed by atoms with Crippen LogP contribution >= 0.6 is 11.8 Å². The first-order chi connectivity index (χ1) is 26.0. The number of nitrogens with one attached hydrogen (secondary N) is 1. The van der Waals surface area contributed by atoms with Gasteiger partial charge in [-0.15, -0.1) is 11.8 Å². The van der Waals surface area contributed by atoms with E-state index in [-0.39, 0.29) is 5.75 Å². The monoisotopic (exact) mass is 714 g/mol.